The number of sulfone groups is 1. The number of hydrogen-bond acceptors (Lipinski definition) is 4. The Balaban J connectivity index is 2.19. The lowest BCUT2D eigenvalue weighted by molar-refractivity contribution is 0.0693. The molecule has 1 saturated heterocycles. The highest BCUT2D eigenvalue weighted by Crippen LogP contribution is 2.21. The molecule has 1 aromatic rings. The molecule has 2 heterocycles. The molecule has 1 aromatic heterocycles. The summed E-state index contributed by atoms with van der Waals surface area (Å²) in [5, 5.41) is 0. The molecule has 1 atom stereocenters. The maximum absolute atomic E-state index is 12.6. The van der Waals surface area contributed by atoms with Gasteiger partial charge in [-0.25, -0.2) is 13.4 Å². The van der Waals surface area contributed by atoms with Crippen LogP contribution in [0.1, 0.15) is 36.5 Å². The molecule has 0 radical (unpaired) electrons. The summed E-state index contributed by atoms with van der Waals surface area (Å²) in [4.78, 5) is 18.4. The Morgan fingerprint density at radius 3 is 2.76 bits per heavy atom. The molecular formula is C14H19BrN2O3S. The number of rotatable bonds is 5. The van der Waals surface area contributed by atoms with E-state index in [-0.39, 0.29) is 23.5 Å². The van der Waals surface area contributed by atoms with Gasteiger partial charge in [0.25, 0.3) is 5.91 Å². The molecule has 1 aliphatic heterocycles. The molecule has 0 saturated carbocycles. The highest BCUT2D eigenvalue weighted by Gasteiger charge is 2.34. The zero-order valence-electron chi connectivity index (χ0n) is 12.0. The largest absolute Gasteiger partial charge is 0.335 e. The average molecular weight is 375 g/mol. The van der Waals surface area contributed by atoms with Crippen LogP contribution in [0.5, 0.6) is 0 Å². The van der Waals surface area contributed by atoms with Crippen molar-refractivity contribution in [1.82, 2.24) is 9.88 Å². The molecular weight excluding hydrogens is 356 g/mol. The molecule has 1 aliphatic rings. The minimum absolute atomic E-state index is 0.0758. The van der Waals surface area contributed by atoms with E-state index in [0.29, 0.717) is 23.1 Å². The summed E-state index contributed by atoms with van der Waals surface area (Å²) >= 11 is 3.24. The number of aromatic nitrogens is 1. The minimum atomic E-state index is -3.00. The molecule has 1 fully saturated rings. The number of halogens is 1. The highest BCUT2D eigenvalue weighted by atomic mass is 79.9. The molecule has 5 nitrogen and oxygen atoms in total. The van der Waals surface area contributed by atoms with Gasteiger partial charge < -0.3 is 4.90 Å². The van der Waals surface area contributed by atoms with Crippen molar-refractivity contribution >= 4 is 31.7 Å². The van der Waals surface area contributed by atoms with E-state index in [1.807, 2.05) is 0 Å². The maximum Gasteiger partial charge on any atom is 0.255 e. The summed E-state index contributed by atoms with van der Waals surface area (Å²) in [5.74, 6) is 0.115. The average Bonchev–Trinajstić information content (AvgIpc) is 2.80. The predicted octanol–water partition coefficient (Wildman–Crippen LogP) is 2.27. The quantitative estimate of drug-likeness (QED) is 0.741. The van der Waals surface area contributed by atoms with Gasteiger partial charge >= 0.3 is 0 Å². The second-order valence-corrected chi connectivity index (χ2v) is 8.32. The van der Waals surface area contributed by atoms with Crippen molar-refractivity contribution in [3.05, 3.63) is 28.5 Å². The van der Waals surface area contributed by atoms with Crippen molar-refractivity contribution in [1.29, 1.82) is 0 Å². The van der Waals surface area contributed by atoms with Crippen LogP contribution in [-0.2, 0) is 9.84 Å². The Kier molecular flexibility index (Phi) is 5.37. The first-order valence-corrected chi connectivity index (χ1v) is 9.67. The van der Waals surface area contributed by atoms with Gasteiger partial charge in [-0.1, -0.05) is 13.3 Å². The topological polar surface area (TPSA) is 67.3 Å². The fourth-order valence-electron chi connectivity index (χ4n) is 2.47. The molecule has 0 aliphatic carbocycles. The van der Waals surface area contributed by atoms with E-state index in [4.69, 9.17) is 0 Å². The molecule has 2 rings (SSSR count). The fraction of sp³-hybridized carbons (Fsp3) is 0.571. The predicted molar refractivity (Wildman–Crippen MR) is 84.9 cm³/mol. The smallest absolute Gasteiger partial charge is 0.255 e. The number of nitrogens with zero attached hydrogens (tertiary/aromatic N) is 2. The van der Waals surface area contributed by atoms with Gasteiger partial charge in [0.1, 0.15) is 4.60 Å². The standard InChI is InChI=1S/C14H19BrN2O3S/c1-2-3-7-17(12-6-8-21(19,20)10-12)14(18)11-4-5-13(15)16-9-11/h4-5,9,12H,2-3,6-8,10H2,1H3. The number of carbonyl (C=O) groups is 1. The van der Waals surface area contributed by atoms with Crippen LogP contribution in [0.25, 0.3) is 0 Å². The summed E-state index contributed by atoms with van der Waals surface area (Å²) in [6, 6.07) is 3.22. The Morgan fingerprint density at radius 2 is 2.24 bits per heavy atom. The Bertz CT molecular complexity index is 601. The van der Waals surface area contributed by atoms with Crippen LogP contribution in [0.15, 0.2) is 22.9 Å². The van der Waals surface area contributed by atoms with Gasteiger partial charge in [0.05, 0.1) is 17.1 Å². The van der Waals surface area contributed by atoms with Crippen LogP contribution in [-0.4, -0.2) is 48.3 Å². The van der Waals surface area contributed by atoms with Crippen molar-refractivity contribution in [2.75, 3.05) is 18.1 Å². The number of carbonyl (C=O) groups excluding carboxylic acids is 1. The van der Waals surface area contributed by atoms with Crippen molar-refractivity contribution in [2.24, 2.45) is 0 Å². The molecule has 21 heavy (non-hydrogen) atoms. The third-order valence-corrected chi connectivity index (χ3v) is 5.86. The molecule has 1 unspecified atom stereocenters. The van der Waals surface area contributed by atoms with E-state index in [1.54, 1.807) is 17.0 Å². The van der Waals surface area contributed by atoms with E-state index in [1.165, 1.54) is 6.20 Å². The monoisotopic (exact) mass is 374 g/mol. The molecule has 0 aromatic carbocycles. The molecule has 0 bridgehead atoms. The fourth-order valence-corrected chi connectivity index (χ4v) is 4.43. The van der Waals surface area contributed by atoms with Gasteiger partial charge in [-0.05, 0) is 40.9 Å². The second kappa shape index (κ2) is 6.87. The van der Waals surface area contributed by atoms with Crippen LogP contribution in [0, 0.1) is 0 Å². The molecule has 7 heteroatoms. The lowest BCUT2D eigenvalue weighted by Crippen LogP contribution is -2.41. The van der Waals surface area contributed by atoms with Gasteiger partial charge in [0.15, 0.2) is 9.84 Å². The minimum Gasteiger partial charge on any atom is -0.335 e. The van der Waals surface area contributed by atoms with Crippen molar-refractivity contribution in [3.8, 4) is 0 Å². The Morgan fingerprint density at radius 1 is 1.48 bits per heavy atom. The van der Waals surface area contributed by atoms with Gasteiger partial charge in [0, 0.05) is 18.8 Å². The number of pyridine rings is 1. The summed E-state index contributed by atoms with van der Waals surface area (Å²) in [7, 11) is -3.00. The van der Waals surface area contributed by atoms with Gasteiger partial charge in [-0.3, -0.25) is 4.79 Å². The van der Waals surface area contributed by atoms with E-state index >= 15 is 0 Å². The first kappa shape index (κ1) is 16.4. The van der Waals surface area contributed by atoms with E-state index in [9.17, 15) is 13.2 Å². The van der Waals surface area contributed by atoms with Crippen LogP contribution < -0.4 is 0 Å². The second-order valence-electron chi connectivity index (χ2n) is 5.28. The molecule has 1 amide bonds. The Hall–Kier alpha value is -0.950. The van der Waals surface area contributed by atoms with Crippen molar-refractivity contribution in [2.45, 2.75) is 32.2 Å². The van der Waals surface area contributed by atoms with E-state index < -0.39 is 9.84 Å². The van der Waals surface area contributed by atoms with Crippen LogP contribution in [0.4, 0.5) is 0 Å². The van der Waals surface area contributed by atoms with Crippen molar-refractivity contribution < 1.29 is 13.2 Å². The summed E-state index contributed by atoms with van der Waals surface area (Å²) in [6.45, 7) is 2.64. The third kappa shape index (κ3) is 4.26. The van der Waals surface area contributed by atoms with Crippen LogP contribution in [0.3, 0.4) is 0 Å². The molecule has 116 valence electrons. The summed E-state index contributed by atoms with van der Waals surface area (Å²) in [5.41, 5.74) is 0.499. The Labute approximate surface area is 133 Å². The summed E-state index contributed by atoms with van der Waals surface area (Å²) < 4.78 is 24.0. The van der Waals surface area contributed by atoms with Crippen LogP contribution >= 0.6 is 15.9 Å². The number of amides is 1. The molecule has 0 N–H and O–H groups in total. The van der Waals surface area contributed by atoms with Gasteiger partial charge in [-0.2, -0.15) is 0 Å². The van der Waals surface area contributed by atoms with Crippen molar-refractivity contribution in [3.63, 3.8) is 0 Å². The third-order valence-electron chi connectivity index (χ3n) is 3.64. The first-order chi connectivity index (χ1) is 9.93. The van der Waals surface area contributed by atoms with E-state index in [0.717, 1.165) is 12.8 Å². The van der Waals surface area contributed by atoms with Gasteiger partial charge in [0.2, 0.25) is 0 Å². The zero-order chi connectivity index (χ0) is 15.5. The normalized spacial score (nSPS) is 20.4. The lowest BCUT2D eigenvalue weighted by atomic mass is 10.1. The first-order valence-electron chi connectivity index (χ1n) is 7.06. The van der Waals surface area contributed by atoms with Gasteiger partial charge in [-0.15, -0.1) is 0 Å². The zero-order valence-corrected chi connectivity index (χ0v) is 14.4. The lowest BCUT2D eigenvalue weighted by Gasteiger charge is -2.28. The number of hydrogen-bond donors (Lipinski definition) is 0. The highest BCUT2D eigenvalue weighted by molar-refractivity contribution is 9.10. The van der Waals surface area contributed by atoms with Crippen LogP contribution in [0.2, 0.25) is 0 Å². The maximum atomic E-state index is 12.6. The SMILES string of the molecule is CCCCN(C(=O)c1ccc(Br)nc1)C1CCS(=O)(=O)C1. The van der Waals surface area contributed by atoms with E-state index in [2.05, 4.69) is 27.8 Å². The summed E-state index contributed by atoms with van der Waals surface area (Å²) in [6.07, 6.45) is 3.88. The number of unbranched alkanes of at least 4 members (excludes halogenated alkanes) is 1. The molecule has 0 spiro atoms.